The maximum Gasteiger partial charge on any atom is 0.326 e. The van der Waals surface area contributed by atoms with Crippen LogP contribution in [0.2, 0.25) is 0 Å². The van der Waals surface area contributed by atoms with Gasteiger partial charge >= 0.3 is 5.69 Å². The Labute approximate surface area is 141 Å². The molecule has 4 rings (SSSR count). The maximum atomic E-state index is 12.3. The van der Waals surface area contributed by atoms with Crippen LogP contribution in [0, 0.1) is 5.92 Å². The number of benzene rings is 1. The van der Waals surface area contributed by atoms with E-state index in [0.717, 1.165) is 42.9 Å². The number of nitrogens with one attached hydrogen (secondary N) is 1. The number of fused-ring (bicyclic) bond motifs is 1. The first kappa shape index (κ1) is 15.3. The fourth-order valence-corrected chi connectivity index (χ4v) is 5.30. The number of hydrogen-bond donors (Lipinski definition) is 1. The zero-order valence-corrected chi connectivity index (χ0v) is 14.4. The van der Waals surface area contributed by atoms with Crippen LogP contribution in [-0.2, 0) is 0 Å². The average Bonchev–Trinajstić information content (AvgIpc) is 2.92. The molecule has 23 heavy (non-hydrogen) atoms. The van der Waals surface area contributed by atoms with Gasteiger partial charge in [-0.05, 0) is 55.2 Å². The number of likely N-dealkylation sites (tertiary alicyclic amines) is 1. The molecule has 4 nitrogen and oxygen atoms in total. The third-order valence-corrected chi connectivity index (χ3v) is 6.45. The number of hydrogen-bond acceptors (Lipinski definition) is 3. The number of para-hydroxylation sites is 2. The lowest BCUT2D eigenvalue weighted by Gasteiger charge is -2.35. The van der Waals surface area contributed by atoms with Gasteiger partial charge in [0, 0.05) is 25.7 Å². The Morgan fingerprint density at radius 2 is 1.83 bits per heavy atom. The molecule has 2 aromatic rings. The number of rotatable bonds is 3. The molecule has 124 valence electrons. The van der Waals surface area contributed by atoms with Gasteiger partial charge in [-0.2, -0.15) is 11.8 Å². The highest BCUT2D eigenvalue weighted by Gasteiger charge is 2.25. The number of thioether (sulfide) groups is 1. The van der Waals surface area contributed by atoms with E-state index in [9.17, 15) is 4.79 Å². The van der Waals surface area contributed by atoms with E-state index in [1.165, 1.54) is 30.9 Å². The molecule has 0 unspecified atom stereocenters. The minimum absolute atomic E-state index is 0.0500. The summed E-state index contributed by atoms with van der Waals surface area (Å²) in [5.74, 6) is 3.57. The van der Waals surface area contributed by atoms with E-state index >= 15 is 0 Å². The standard InChI is InChI=1S/C18H25N3OS/c22-18-19-16-3-1-2-4-17(16)21(18)15-5-9-20(10-6-15)13-14-7-11-23-12-8-14/h1-4,14-15H,5-13H2,(H,19,22). The highest BCUT2D eigenvalue weighted by atomic mass is 32.2. The van der Waals surface area contributed by atoms with E-state index in [-0.39, 0.29) is 5.69 Å². The molecular weight excluding hydrogens is 306 g/mol. The van der Waals surface area contributed by atoms with Crippen molar-refractivity contribution < 1.29 is 0 Å². The van der Waals surface area contributed by atoms with Crippen LogP contribution in [0.15, 0.2) is 29.1 Å². The van der Waals surface area contributed by atoms with E-state index in [1.807, 2.05) is 22.8 Å². The molecule has 2 fully saturated rings. The minimum atomic E-state index is 0.0500. The van der Waals surface area contributed by atoms with Gasteiger partial charge in [0.1, 0.15) is 0 Å². The van der Waals surface area contributed by atoms with Crippen LogP contribution in [0.4, 0.5) is 0 Å². The predicted octanol–water partition coefficient (Wildman–Crippen LogP) is 3.11. The normalized spacial score (nSPS) is 21.9. The van der Waals surface area contributed by atoms with Crippen molar-refractivity contribution in [1.29, 1.82) is 0 Å². The molecule has 3 heterocycles. The summed E-state index contributed by atoms with van der Waals surface area (Å²) in [4.78, 5) is 17.9. The molecule has 2 aliphatic heterocycles. The molecular formula is C18H25N3OS. The van der Waals surface area contributed by atoms with Gasteiger partial charge in [-0.15, -0.1) is 0 Å². The molecule has 2 aliphatic rings. The Bertz CT molecular complexity index is 708. The second-order valence-electron chi connectivity index (χ2n) is 6.90. The van der Waals surface area contributed by atoms with Crippen LogP contribution in [0.3, 0.4) is 0 Å². The Morgan fingerprint density at radius 1 is 1.09 bits per heavy atom. The number of imidazole rings is 1. The summed E-state index contributed by atoms with van der Waals surface area (Å²) < 4.78 is 1.99. The number of aromatic amines is 1. The first-order valence-electron chi connectivity index (χ1n) is 8.80. The lowest BCUT2D eigenvalue weighted by molar-refractivity contribution is 0.159. The van der Waals surface area contributed by atoms with Crippen molar-refractivity contribution in [3.05, 3.63) is 34.7 Å². The third-order valence-electron chi connectivity index (χ3n) is 5.40. The maximum absolute atomic E-state index is 12.3. The monoisotopic (exact) mass is 331 g/mol. The lowest BCUT2D eigenvalue weighted by atomic mass is 9.99. The van der Waals surface area contributed by atoms with E-state index in [2.05, 4.69) is 27.7 Å². The van der Waals surface area contributed by atoms with Crippen molar-refractivity contribution in [2.24, 2.45) is 5.92 Å². The van der Waals surface area contributed by atoms with Crippen LogP contribution in [0.25, 0.3) is 11.0 Å². The van der Waals surface area contributed by atoms with Crippen molar-refractivity contribution in [2.75, 3.05) is 31.1 Å². The fraction of sp³-hybridized carbons (Fsp3) is 0.611. The molecule has 0 amide bonds. The van der Waals surface area contributed by atoms with Crippen LogP contribution >= 0.6 is 11.8 Å². The van der Waals surface area contributed by atoms with E-state index < -0.39 is 0 Å². The van der Waals surface area contributed by atoms with Crippen LogP contribution in [-0.4, -0.2) is 45.6 Å². The predicted molar refractivity (Wildman–Crippen MR) is 97.3 cm³/mol. The lowest BCUT2D eigenvalue weighted by Crippen LogP contribution is -2.40. The van der Waals surface area contributed by atoms with Crippen LogP contribution in [0.5, 0.6) is 0 Å². The van der Waals surface area contributed by atoms with Gasteiger partial charge in [0.05, 0.1) is 11.0 Å². The first-order valence-corrected chi connectivity index (χ1v) is 9.96. The highest BCUT2D eigenvalue weighted by molar-refractivity contribution is 7.99. The van der Waals surface area contributed by atoms with Crippen LogP contribution < -0.4 is 5.69 Å². The first-order chi connectivity index (χ1) is 11.3. The van der Waals surface area contributed by atoms with Crippen LogP contribution in [0.1, 0.15) is 31.7 Å². The average molecular weight is 331 g/mol. The van der Waals surface area contributed by atoms with E-state index in [0.29, 0.717) is 6.04 Å². The summed E-state index contributed by atoms with van der Waals surface area (Å²) in [6.45, 7) is 3.51. The zero-order chi connectivity index (χ0) is 15.6. The quantitative estimate of drug-likeness (QED) is 0.939. The molecule has 0 saturated carbocycles. The fourth-order valence-electron chi connectivity index (χ4n) is 4.09. The Morgan fingerprint density at radius 3 is 2.61 bits per heavy atom. The Balaban J connectivity index is 1.42. The molecule has 1 aromatic carbocycles. The zero-order valence-electron chi connectivity index (χ0n) is 13.5. The van der Waals surface area contributed by atoms with Gasteiger partial charge < -0.3 is 9.88 Å². The van der Waals surface area contributed by atoms with Crippen molar-refractivity contribution in [3.8, 4) is 0 Å². The minimum Gasteiger partial charge on any atom is -0.306 e. The smallest absolute Gasteiger partial charge is 0.306 e. The van der Waals surface area contributed by atoms with E-state index in [4.69, 9.17) is 0 Å². The largest absolute Gasteiger partial charge is 0.326 e. The number of piperidine rings is 1. The molecule has 2 saturated heterocycles. The Hall–Kier alpha value is -1.20. The molecule has 1 aromatic heterocycles. The number of H-pyrrole nitrogens is 1. The van der Waals surface area contributed by atoms with Crippen molar-refractivity contribution in [3.63, 3.8) is 0 Å². The van der Waals surface area contributed by atoms with Crippen molar-refractivity contribution in [1.82, 2.24) is 14.5 Å². The Kier molecular flexibility index (Phi) is 4.49. The summed E-state index contributed by atoms with van der Waals surface area (Å²) in [6.07, 6.45) is 4.94. The summed E-state index contributed by atoms with van der Waals surface area (Å²) >= 11 is 2.10. The van der Waals surface area contributed by atoms with Crippen molar-refractivity contribution >= 4 is 22.8 Å². The van der Waals surface area contributed by atoms with Gasteiger partial charge in [0.2, 0.25) is 0 Å². The van der Waals surface area contributed by atoms with Gasteiger partial charge in [-0.25, -0.2) is 4.79 Å². The second kappa shape index (κ2) is 6.73. The third kappa shape index (κ3) is 3.22. The van der Waals surface area contributed by atoms with Gasteiger partial charge in [0.15, 0.2) is 0 Å². The molecule has 0 atom stereocenters. The summed E-state index contributed by atoms with van der Waals surface area (Å²) in [5.41, 5.74) is 2.06. The molecule has 0 aliphatic carbocycles. The molecule has 0 spiro atoms. The topological polar surface area (TPSA) is 41.0 Å². The second-order valence-corrected chi connectivity index (χ2v) is 8.13. The van der Waals surface area contributed by atoms with E-state index in [1.54, 1.807) is 0 Å². The summed E-state index contributed by atoms with van der Waals surface area (Å²) in [7, 11) is 0. The van der Waals surface area contributed by atoms with Gasteiger partial charge in [0.25, 0.3) is 0 Å². The van der Waals surface area contributed by atoms with Gasteiger partial charge in [-0.1, -0.05) is 12.1 Å². The highest BCUT2D eigenvalue weighted by Crippen LogP contribution is 2.28. The molecule has 5 heteroatoms. The number of aromatic nitrogens is 2. The molecule has 0 bridgehead atoms. The molecule has 1 N–H and O–H groups in total. The van der Waals surface area contributed by atoms with Gasteiger partial charge in [-0.3, -0.25) is 4.57 Å². The van der Waals surface area contributed by atoms with Crippen molar-refractivity contribution in [2.45, 2.75) is 31.7 Å². The molecule has 0 radical (unpaired) electrons. The SMILES string of the molecule is O=c1[nH]c2ccccc2n1C1CCN(CC2CCSCC2)CC1. The number of nitrogens with zero attached hydrogens (tertiary/aromatic N) is 2. The summed E-state index contributed by atoms with van der Waals surface area (Å²) in [5, 5.41) is 0. The summed E-state index contributed by atoms with van der Waals surface area (Å²) in [6, 6.07) is 8.38.